The number of rotatable bonds is 7. The molecule has 0 atom stereocenters. The molecule has 136 valence electrons. The predicted molar refractivity (Wildman–Crippen MR) is 93.9 cm³/mol. The van der Waals surface area contributed by atoms with Gasteiger partial charge < -0.3 is 18.9 Å². The van der Waals surface area contributed by atoms with E-state index in [2.05, 4.69) is 10.2 Å². The van der Waals surface area contributed by atoms with E-state index in [9.17, 15) is 4.79 Å². The Morgan fingerprint density at radius 2 is 1.54 bits per heavy atom. The highest BCUT2D eigenvalue weighted by Crippen LogP contribution is 2.38. The minimum atomic E-state index is -0.499. The lowest BCUT2D eigenvalue weighted by Gasteiger charge is -2.13. The first-order valence-corrected chi connectivity index (χ1v) is 7.93. The van der Waals surface area contributed by atoms with Crippen molar-refractivity contribution in [3.8, 4) is 17.2 Å². The topological polar surface area (TPSA) is 84.7 Å². The highest BCUT2D eigenvalue weighted by molar-refractivity contribution is 5.91. The second-order valence-corrected chi connectivity index (χ2v) is 5.33. The second-order valence-electron chi connectivity index (χ2n) is 5.33. The van der Waals surface area contributed by atoms with Crippen molar-refractivity contribution in [3.05, 3.63) is 42.0 Å². The third-order valence-electron chi connectivity index (χ3n) is 3.75. The van der Waals surface area contributed by atoms with Crippen LogP contribution in [-0.2, 0) is 11.3 Å². The summed E-state index contributed by atoms with van der Waals surface area (Å²) < 4.78 is 21.0. The van der Waals surface area contributed by atoms with Crippen LogP contribution in [0.2, 0.25) is 0 Å². The highest BCUT2D eigenvalue weighted by atomic mass is 16.5. The van der Waals surface area contributed by atoms with Crippen molar-refractivity contribution in [2.75, 3.05) is 27.9 Å². The number of esters is 1. The molecule has 1 heterocycles. The summed E-state index contributed by atoms with van der Waals surface area (Å²) in [4.78, 5) is 13.8. The van der Waals surface area contributed by atoms with Gasteiger partial charge in [0.2, 0.25) is 5.75 Å². The van der Waals surface area contributed by atoms with Gasteiger partial charge in [0.1, 0.15) is 17.6 Å². The normalized spacial score (nSPS) is 10.6. The molecule has 8 nitrogen and oxygen atoms in total. The van der Waals surface area contributed by atoms with E-state index in [0.29, 0.717) is 29.4 Å². The molecular weight excluding hydrogens is 338 g/mol. The van der Waals surface area contributed by atoms with Crippen LogP contribution in [0.3, 0.4) is 0 Å². The Kier molecular flexibility index (Phi) is 5.21. The van der Waals surface area contributed by atoms with Gasteiger partial charge in [0, 0.05) is 0 Å². The highest BCUT2D eigenvalue weighted by Gasteiger charge is 2.18. The van der Waals surface area contributed by atoms with Gasteiger partial charge in [0.15, 0.2) is 11.5 Å². The monoisotopic (exact) mass is 357 g/mol. The lowest BCUT2D eigenvalue weighted by Crippen LogP contribution is -2.13. The van der Waals surface area contributed by atoms with E-state index in [0.717, 1.165) is 11.0 Å². The van der Waals surface area contributed by atoms with Gasteiger partial charge in [0.25, 0.3) is 0 Å². The van der Waals surface area contributed by atoms with Crippen LogP contribution < -0.4 is 14.2 Å². The van der Waals surface area contributed by atoms with Gasteiger partial charge in [-0.25, -0.2) is 4.79 Å². The molecule has 0 saturated heterocycles. The number of methoxy groups -OCH3 is 3. The maximum Gasteiger partial charge on any atom is 0.338 e. The average Bonchev–Trinajstić information content (AvgIpc) is 3.09. The summed E-state index contributed by atoms with van der Waals surface area (Å²) in [5, 5.41) is 8.63. The summed E-state index contributed by atoms with van der Waals surface area (Å²) in [6, 6.07) is 10.6. The summed E-state index contributed by atoms with van der Waals surface area (Å²) in [5.74, 6) is 0.692. The van der Waals surface area contributed by atoms with E-state index in [1.54, 1.807) is 12.1 Å². The van der Waals surface area contributed by atoms with E-state index in [1.807, 2.05) is 24.3 Å². The number of fused-ring (bicyclic) bond motifs is 1. The lowest BCUT2D eigenvalue weighted by atomic mass is 10.2. The number of ether oxygens (including phenoxy) is 4. The molecule has 2 aromatic carbocycles. The van der Waals surface area contributed by atoms with Crippen LogP contribution >= 0.6 is 0 Å². The first kappa shape index (κ1) is 17.5. The molecule has 0 aliphatic carbocycles. The van der Waals surface area contributed by atoms with E-state index in [1.165, 1.54) is 26.1 Å². The Morgan fingerprint density at radius 1 is 0.962 bits per heavy atom. The van der Waals surface area contributed by atoms with E-state index in [-0.39, 0.29) is 6.61 Å². The molecule has 0 bridgehead atoms. The molecule has 3 rings (SSSR count). The zero-order chi connectivity index (χ0) is 18.5. The molecule has 1 aromatic heterocycles. The third-order valence-corrected chi connectivity index (χ3v) is 3.75. The quantitative estimate of drug-likeness (QED) is 0.600. The number of hydrogen-bond acceptors (Lipinski definition) is 7. The Morgan fingerprint density at radius 3 is 2.04 bits per heavy atom. The number of hydrogen-bond donors (Lipinski definition) is 0. The number of carbonyl (C=O) groups excluding carboxylic acids is 1. The van der Waals surface area contributed by atoms with E-state index >= 15 is 0 Å². The van der Waals surface area contributed by atoms with Gasteiger partial charge >= 0.3 is 5.97 Å². The Balaban J connectivity index is 1.67. The molecule has 0 amide bonds. The molecule has 0 saturated carbocycles. The van der Waals surface area contributed by atoms with Crippen molar-refractivity contribution in [3.63, 3.8) is 0 Å². The predicted octanol–water partition coefficient (Wildman–Crippen LogP) is 2.31. The summed E-state index contributed by atoms with van der Waals surface area (Å²) >= 11 is 0. The van der Waals surface area contributed by atoms with Crippen LogP contribution in [0.1, 0.15) is 10.4 Å². The second kappa shape index (κ2) is 7.73. The molecule has 0 spiro atoms. The number of carbonyl (C=O) groups is 1. The average molecular weight is 357 g/mol. The fraction of sp³-hybridized carbons (Fsp3) is 0.278. The standard InChI is InChI=1S/C18H19N3O5/c1-23-15-10-12(11-16(24-2)17(15)25-3)18(22)26-9-8-21-19-13-6-4-5-7-14(13)20-21/h4-7,10-11H,8-9H2,1-3H3. The molecule has 3 aromatic rings. The molecule has 26 heavy (non-hydrogen) atoms. The van der Waals surface area contributed by atoms with Crippen molar-refractivity contribution >= 4 is 17.0 Å². The molecule has 8 heteroatoms. The van der Waals surface area contributed by atoms with Gasteiger partial charge in [0.05, 0.1) is 33.4 Å². The summed E-state index contributed by atoms with van der Waals surface area (Å²) in [6.45, 7) is 0.487. The Labute approximate surface area is 150 Å². The van der Waals surface area contributed by atoms with Crippen molar-refractivity contribution in [1.82, 2.24) is 15.0 Å². The first-order chi connectivity index (χ1) is 12.7. The van der Waals surface area contributed by atoms with Crippen LogP contribution in [0.5, 0.6) is 17.2 Å². The molecule has 0 radical (unpaired) electrons. The summed E-state index contributed by atoms with van der Waals surface area (Å²) in [6.07, 6.45) is 0. The minimum Gasteiger partial charge on any atom is -0.493 e. The van der Waals surface area contributed by atoms with E-state index in [4.69, 9.17) is 18.9 Å². The van der Waals surface area contributed by atoms with Crippen LogP contribution in [0.4, 0.5) is 0 Å². The molecule has 0 fully saturated rings. The zero-order valence-electron chi connectivity index (χ0n) is 14.8. The Bertz CT molecular complexity index is 864. The molecule has 0 N–H and O–H groups in total. The number of benzene rings is 2. The molecule has 0 aliphatic heterocycles. The summed E-state index contributed by atoms with van der Waals surface area (Å²) in [5.41, 5.74) is 1.89. The molecular formula is C18H19N3O5. The zero-order valence-corrected chi connectivity index (χ0v) is 14.8. The van der Waals surface area contributed by atoms with Gasteiger partial charge in [-0.2, -0.15) is 15.0 Å². The fourth-order valence-corrected chi connectivity index (χ4v) is 2.51. The minimum absolute atomic E-state index is 0.135. The van der Waals surface area contributed by atoms with Crippen LogP contribution in [0.15, 0.2) is 36.4 Å². The number of nitrogens with zero attached hydrogens (tertiary/aromatic N) is 3. The maximum absolute atomic E-state index is 12.3. The third kappa shape index (κ3) is 3.53. The van der Waals surface area contributed by atoms with Crippen LogP contribution in [-0.4, -0.2) is 48.9 Å². The molecule has 0 aliphatic rings. The van der Waals surface area contributed by atoms with Crippen molar-refractivity contribution in [2.24, 2.45) is 0 Å². The maximum atomic E-state index is 12.3. The lowest BCUT2D eigenvalue weighted by molar-refractivity contribution is 0.0482. The molecule has 0 unspecified atom stereocenters. The van der Waals surface area contributed by atoms with Gasteiger partial charge in [-0.15, -0.1) is 0 Å². The van der Waals surface area contributed by atoms with Gasteiger partial charge in [-0.05, 0) is 24.3 Å². The first-order valence-electron chi connectivity index (χ1n) is 7.93. The van der Waals surface area contributed by atoms with Gasteiger partial charge in [-0.1, -0.05) is 12.1 Å². The largest absolute Gasteiger partial charge is 0.493 e. The fourth-order valence-electron chi connectivity index (χ4n) is 2.51. The van der Waals surface area contributed by atoms with Crippen molar-refractivity contribution in [1.29, 1.82) is 0 Å². The van der Waals surface area contributed by atoms with Crippen molar-refractivity contribution in [2.45, 2.75) is 6.54 Å². The summed E-state index contributed by atoms with van der Waals surface area (Å²) in [7, 11) is 4.47. The Hall–Kier alpha value is -3.29. The van der Waals surface area contributed by atoms with Crippen LogP contribution in [0, 0.1) is 0 Å². The van der Waals surface area contributed by atoms with Gasteiger partial charge in [-0.3, -0.25) is 0 Å². The van der Waals surface area contributed by atoms with Crippen LogP contribution in [0.25, 0.3) is 11.0 Å². The van der Waals surface area contributed by atoms with Crippen molar-refractivity contribution < 1.29 is 23.7 Å². The van der Waals surface area contributed by atoms with E-state index < -0.39 is 5.97 Å². The smallest absolute Gasteiger partial charge is 0.338 e. The SMILES string of the molecule is COc1cc(C(=O)OCCn2nc3ccccc3n2)cc(OC)c1OC. The number of aromatic nitrogens is 3.